The van der Waals surface area contributed by atoms with Crippen LogP contribution < -0.4 is 5.32 Å². The van der Waals surface area contributed by atoms with Crippen molar-refractivity contribution < 1.29 is 9.13 Å². The van der Waals surface area contributed by atoms with Gasteiger partial charge in [-0.3, -0.25) is 0 Å². The monoisotopic (exact) mass is 271 g/mol. The molecule has 1 aliphatic heterocycles. The quantitative estimate of drug-likeness (QED) is 0.882. The fourth-order valence-corrected chi connectivity index (χ4v) is 2.42. The first kappa shape index (κ1) is 13.8. The highest BCUT2D eigenvalue weighted by Gasteiger charge is 2.15. The molecule has 0 aliphatic carbocycles. The summed E-state index contributed by atoms with van der Waals surface area (Å²) in [5, 5.41) is 3.59. The second-order valence-corrected chi connectivity index (χ2v) is 5.18. The minimum atomic E-state index is -0.369. The van der Waals surface area contributed by atoms with Crippen LogP contribution in [0, 0.1) is 5.82 Å². The standard InChI is InChI=1S/C14H19ClFNO/c1-10(11-4-5-14(16)13(15)9-11)17-7-6-12-3-2-8-18-12/h4-5,9-10,12,17H,2-3,6-8H2,1H3. The zero-order valence-corrected chi connectivity index (χ0v) is 11.3. The molecule has 1 aromatic carbocycles. The van der Waals surface area contributed by atoms with Crippen LogP contribution in [0.25, 0.3) is 0 Å². The molecule has 1 saturated heterocycles. The van der Waals surface area contributed by atoms with E-state index in [2.05, 4.69) is 12.2 Å². The van der Waals surface area contributed by atoms with Gasteiger partial charge in [-0.25, -0.2) is 4.39 Å². The third-order valence-corrected chi connectivity index (χ3v) is 3.67. The van der Waals surface area contributed by atoms with Crippen LogP contribution in [-0.4, -0.2) is 19.3 Å². The van der Waals surface area contributed by atoms with Gasteiger partial charge in [0.25, 0.3) is 0 Å². The molecule has 0 saturated carbocycles. The van der Waals surface area contributed by atoms with E-state index in [-0.39, 0.29) is 16.9 Å². The van der Waals surface area contributed by atoms with Crippen molar-refractivity contribution >= 4 is 11.6 Å². The molecule has 100 valence electrons. The molecule has 1 N–H and O–H groups in total. The predicted octanol–water partition coefficient (Wildman–Crippen LogP) is 3.70. The van der Waals surface area contributed by atoms with Gasteiger partial charge in [0.05, 0.1) is 11.1 Å². The van der Waals surface area contributed by atoms with Crippen LogP contribution in [0.3, 0.4) is 0 Å². The lowest BCUT2D eigenvalue weighted by Crippen LogP contribution is -2.23. The molecule has 18 heavy (non-hydrogen) atoms. The highest BCUT2D eigenvalue weighted by Crippen LogP contribution is 2.21. The van der Waals surface area contributed by atoms with Crippen molar-refractivity contribution in [2.75, 3.05) is 13.2 Å². The molecule has 2 nitrogen and oxygen atoms in total. The lowest BCUT2D eigenvalue weighted by Gasteiger charge is -2.16. The van der Waals surface area contributed by atoms with Crippen molar-refractivity contribution in [1.82, 2.24) is 5.32 Å². The summed E-state index contributed by atoms with van der Waals surface area (Å²) in [6, 6.07) is 5.03. The summed E-state index contributed by atoms with van der Waals surface area (Å²) in [6.45, 7) is 3.85. The summed E-state index contributed by atoms with van der Waals surface area (Å²) >= 11 is 5.77. The van der Waals surface area contributed by atoms with Crippen LogP contribution in [0.1, 0.15) is 37.8 Å². The highest BCUT2D eigenvalue weighted by atomic mass is 35.5. The molecule has 2 rings (SSSR count). The zero-order chi connectivity index (χ0) is 13.0. The molecule has 0 aromatic heterocycles. The fourth-order valence-electron chi connectivity index (χ4n) is 2.23. The van der Waals surface area contributed by atoms with Gasteiger partial charge in [0.2, 0.25) is 0 Å². The number of ether oxygens (including phenoxy) is 1. The van der Waals surface area contributed by atoms with E-state index in [4.69, 9.17) is 16.3 Å². The van der Waals surface area contributed by atoms with Gasteiger partial charge in [-0.1, -0.05) is 17.7 Å². The zero-order valence-electron chi connectivity index (χ0n) is 10.6. The third kappa shape index (κ3) is 3.67. The number of rotatable bonds is 5. The first-order valence-corrected chi connectivity index (χ1v) is 6.84. The molecular weight excluding hydrogens is 253 g/mol. The van der Waals surface area contributed by atoms with E-state index < -0.39 is 0 Å². The number of benzene rings is 1. The summed E-state index contributed by atoms with van der Waals surface area (Å²) in [4.78, 5) is 0. The van der Waals surface area contributed by atoms with Crippen molar-refractivity contribution in [2.24, 2.45) is 0 Å². The Hall–Kier alpha value is -0.640. The molecule has 1 aliphatic rings. The molecule has 1 heterocycles. The fraction of sp³-hybridized carbons (Fsp3) is 0.571. The maximum atomic E-state index is 13.0. The molecule has 2 unspecified atom stereocenters. The lowest BCUT2D eigenvalue weighted by molar-refractivity contribution is 0.103. The van der Waals surface area contributed by atoms with Crippen molar-refractivity contribution in [3.05, 3.63) is 34.6 Å². The average Bonchev–Trinajstić information content (AvgIpc) is 2.85. The van der Waals surface area contributed by atoms with Crippen LogP contribution >= 0.6 is 11.6 Å². The van der Waals surface area contributed by atoms with Crippen LogP contribution in [0.2, 0.25) is 5.02 Å². The summed E-state index contributed by atoms with van der Waals surface area (Å²) in [7, 11) is 0. The average molecular weight is 272 g/mol. The lowest BCUT2D eigenvalue weighted by atomic mass is 10.1. The minimum Gasteiger partial charge on any atom is -0.378 e. The highest BCUT2D eigenvalue weighted by molar-refractivity contribution is 6.30. The van der Waals surface area contributed by atoms with Crippen molar-refractivity contribution in [3.8, 4) is 0 Å². The van der Waals surface area contributed by atoms with E-state index in [0.29, 0.717) is 6.10 Å². The number of hydrogen-bond donors (Lipinski definition) is 1. The maximum absolute atomic E-state index is 13.0. The molecular formula is C14H19ClFNO. The number of hydrogen-bond acceptors (Lipinski definition) is 2. The third-order valence-electron chi connectivity index (χ3n) is 3.38. The van der Waals surface area contributed by atoms with Gasteiger partial charge in [0, 0.05) is 12.6 Å². The van der Waals surface area contributed by atoms with Crippen LogP contribution in [0.4, 0.5) is 4.39 Å². The van der Waals surface area contributed by atoms with Gasteiger partial charge in [-0.05, 0) is 50.4 Å². The molecule has 0 amide bonds. The molecule has 4 heteroatoms. The van der Waals surface area contributed by atoms with E-state index in [1.54, 1.807) is 12.1 Å². The molecule has 1 aromatic rings. The van der Waals surface area contributed by atoms with Crippen LogP contribution in [-0.2, 0) is 4.74 Å². The Balaban J connectivity index is 1.79. The molecule has 0 radical (unpaired) electrons. The van der Waals surface area contributed by atoms with Crippen LogP contribution in [0.5, 0.6) is 0 Å². The summed E-state index contributed by atoms with van der Waals surface area (Å²) in [5.41, 5.74) is 1.01. The van der Waals surface area contributed by atoms with Gasteiger partial charge in [0.1, 0.15) is 5.82 Å². The summed E-state index contributed by atoms with van der Waals surface area (Å²) in [5.74, 6) is -0.369. The van der Waals surface area contributed by atoms with Gasteiger partial charge < -0.3 is 10.1 Å². The first-order valence-electron chi connectivity index (χ1n) is 6.47. The second kappa shape index (κ2) is 6.50. The summed E-state index contributed by atoms with van der Waals surface area (Å²) < 4.78 is 18.6. The van der Waals surface area contributed by atoms with Crippen LogP contribution in [0.15, 0.2) is 18.2 Å². The molecule has 0 bridgehead atoms. The maximum Gasteiger partial charge on any atom is 0.141 e. The molecule has 0 spiro atoms. The topological polar surface area (TPSA) is 21.3 Å². The van der Waals surface area contributed by atoms with E-state index in [9.17, 15) is 4.39 Å². The smallest absolute Gasteiger partial charge is 0.141 e. The predicted molar refractivity (Wildman–Crippen MR) is 71.4 cm³/mol. The Morgan fingerprint density at radius 3 is 3.06 bits per heavy atom. The number of nitrogens with one attached hydrogen (secondary N) is 1. The summed E-state index contributed by atoms with van der Waals surface area (Å²) in [6.07, 6.45) is 3.77. The largest absolute Gasteiger partial charge is 0.378 e. The number of halogens is 2. The molecule has 1 fully saturated rings. The van der Waals surface area contributed by atoms with Crippen molar-refractivity contribution in [3.63, 3.8) is 0 Å². The van der Waals surface area contributed by atoms with Gasteiger partial charge in [-0.15, -0.1) is 0 Å². The van der Waals surface area contributed by atoms with Gasteiger partial charge in [-0.2, -0.15) is 0 Å². The Labute approximate surface area is 112 Å². The van der Waals surface area contributed by atoms with E-state index in [0.717, 1.165) is 25.1 Å². The Kier molecular flexibility index (Phi) is 4.98. The minimum absolute atomic E-state index is 0.171. The Bertz CT molecular complexity index is 393. The Morgan fingerprint density at radius 1 is 1.56 bits per heavy atom. The van der Waals surface area contributed by atoms with Crippen molar-refractivity contribution in [1.29, 1.82) is 0 Å². The normalized spacial score (nSPS) is 21.2. The molecule has 2 atom stereocenters. The second-order valence-electron chi connectivity index (χ2n) is 4.77. The SMILES string of the molecule is CC(NCCC1CCCO1)c1ccc(F)c(Cl)c1. The van der Waals surface area contributed by atoms with E-state index in [1.807, 2.05) is 0 Å². The van der Waals surface area contributed by atoms with E-state index in [1.165, 1.54) is 18.9 Å². The van der Waals surface area contributed by atoms with E-state index >= 15 is 0 Å². The van der Waals surface area contributed by atoms with Gasteiger partial charge >= 0.3 is 0 Å². The van der Waals surface area contributed by atoms with Gasteiger partial charge in [0.15, 0.2) is 0 Å². The first-order chi connectivity index (χ1) is 8.66. The van der Waals surface area contributed by atoms with Crippen molar-refractivity contribution in [2.45, 2.75) is 38.3 Å². The Morgan fingerprint density at radius 2 is 2.39 bits per heavy atom.